The van der Waals surface area contributed by atoms with E-state index < -0.39 is 0 Å². The number of nitrogens with one attached hydrogen (secondary N) is 1. The molecule has 0 aliphatic rings. The number of benzene rings is 1. The molecule has 0 amide bonds. The van der Waals surface area contributed by atoms with Gasteiger partial charge in [0, 0.05) is 12.5 Å². The molecular weight excluding hydrogens is 326 g/mol. The van der Waals surface area contributed by atoms with Crippen LogP contribution in [0, 0.1) is 5.92 Å². The number of furan rings is 1. The molecule has 0 unspecified atom stereocenters. The topological polar surface area (TPSA) is 43.6 Å². The van der Waals surface area contributed by atoms with Crippen LogP contribution < -0.4 is 14.8 Å². The fourth-order valence-corrected chi connectivity index (χ4v) is 3.09. The van der Waals surface area contributed by atoms with Crippen LogP contribution >= 0.6 is 0 Å². The van der Waals surface area contributed by atoms with Crippen molar-refractivity contribution in [1.29, 1.82) is 0 Å². The van der Waals surface area contributed by atoms with E-state index in [4.69, 9.17) is 13.9 Å². The molecule has 0 saturated heterocycles. The minimum atomic E-state index is 0.481. The Morgan fingerprint density at radius 3 is 2.58 bits per heavy atom. The summed E-state index contributed by atoms with van der Waals surface area (Å²) in [7, 11) is 1.68. The van der Waals surface area contributed by atoms with Crippen molar-refractivity contribution in [2.24, 2.45) is 5.92 Å². The van der Waals surface area contributed by atoms with Gasteiger partial charge >= 0.3 is 0 Å². The first-order valence-corrected chi connectivity index (χ1v) is 9.67. The summed E-state index contributed by atoms with van der Waals surface area (Å²) in [5.41, 5.74) is 1.20. The van der Waals surface area contributed by atoms with Crippen LogP contribution in [0.15, 0.2) is 41.0 Å². The van der Waals surface area contributed by atoms with Gasteiger partial charge in [0.2, 0.25) is 0 Å². The molecule has 1 heterocycles. The molecular formula is C22H33NO3. The zero-order chi connectivity index (χ0) is 18.8. The number of ether oxygens (including phenoxy) is 2. The highest BCUT2D eigenvalue weighted by atomic mass is 16.5. The second-order valence-corrected chi connectivity index (χ2v) is 7.07. The Bertz CT molecular complexity index is 622. The lowest BCUT2D eigenvalue weighted by Crippen LogP contribution is -2.17. The van der Waals surface area contributed by atoms with Crippen LogP contribution in [0.25, 0.3) is 0 Å². The van der Waals surface area contributed by atoms with E-state index in [1.54, 1.807) is 13.4 Å². The normalized spacial score (nSPS) is 12.3. The highest BCUT2D eigenvalue weighted by Crippen LogP contribution is 2.29. The summed E-state index contributed by atoms with van der Waals surface area (Å²) in [6.45, 7) is 8.94. The Kier molecular flexibility index (Phi) is 8.56. The van der Waals surface area contributed by atoms with Gasteiger partial charge in [-0.05, 0) is 62.1 Å². The summed E-state index contributed by atoms with van der Waals surface area (Å²) in [6, 6.07) is 10.2. The van der Waals surface area contributed by atoms with Crippen molar-refractivity contribution in [3.8, 4) is 11.5 Å². The van der Waals surface area contributed by atoms with Crippen LogP contribution in [0.2, 0.25) is 0 Å². The van der Waals surface area contributed by atoms with E-state index in [2.05, 4.69) is 31.3 Å². The molecule has 0 radical (unpaired) electrons. The van der Waals surface area contributed by atoms with Crippen molar-refractivity contribution < 1.29 is 13.9 Å². The van der Waals surface area contributed by atoms with Crippen molar-refractivity contribution in [2.75, 3.05) is 20.3 Å². The highest BCUT2D eigenvalue weighted by molar-refractivity contribution is 5.42. The predicted octanol–water partition coefficient (Wildman–Crippen LogP) is 5.39. The van der Waals surface area contributed by atoms with Gasteiger partial charge in [0.05, 0.1) is 20.0 Å². The molecule has 0 bridgehead atoms. The summed E-state index contributed by atoms with van der Waals surface area (Å²) < 4.78 is 16.6. The third-order valence-electron chi connectivity index (χ3n) is 4.56. The second kappa shape index (κ2) is 10.9. The first kappa shape index (κ1) is 20.4. The maximum Gasteiger partial charge on any atom is 0.161 e. The average Bonchev–Trinajstić information content (AvgIpc) is 3.16. The maximum absolute atomic E-state index is 5.65. The molecule has 2 rings (SSSR count). The van der Waals surface area contributed by atoms with Crippen molar-refractivity contribution >= 4 is 0 Å². The first-order chi connectivity index (χ1) is 12.6. The van der Waals surface area contributed by atoms with Gasteiger partial charge in [-0.1, -0.05) is 26.3 Å². The molecule has 4 nitrogen and oxygen atoms in total. The van der Waals surface area contributed by atoms with E-state index in [-0.39, 0.29) is 0 Å². The second-order valence-electron chi connectivity index (χ2n) is 7.07. The van der Waals surface area contributed by atoms with Crippen molar-refractivity contribution in [1.82, 2.24) is 5.32 Å². The number of rotatable bonds is 12. The van der Waals surface area contributed by atoms with Crippen molar-refractivity contribution in [2.45, 2.75) is 52.5 Å². The van der Waals surface area contributed by atoms with E-state index in [0.717, 1.165) is 42.7 Å². The largest absolute Gasteiger partial charge is 0.493 e. The third kappa shape index (κ3) is 6.41. The van der Waals surface area contributed by atoms with Crippen LogP contribution in [-0.4, -0.2) is 20.3 Å². The van der Waals surface area contributed by atoms with Crippen LogP contribution in [0.1, 0.15) is 57.3 Å². The minimum absolute atomic E-state index is 0.481. The summed E-state index contributed by atoms with van der Waals surface area (Å²) in [5.74, 6) is 3.89. The van der Waals surface area contributed by atoms with Crippen LogP contribution in [-0.2, 0) is 6.54 Å². The smallest absolute Gasteiger partial charge is 0.161 e. The van der Waals surface area contributed by atoms with E-state index in [0.29, 0.717) is 12.5 Å². The third-order valence-corrected chi connectivity index (χ3v) is 4.56. The van der Waals surface area contributed by atoms with Crippen molar-refractivity contribution in [3.63, 3.8) is 0 Å². The highest BCUT2D eigenvalue weighted by Gasteiger charge is 2.15. The quantitative estimate of drug-likeness (QED) is 0.516. The van der Waals surface area contributed by atoms with Crippen molar-refractivity contribution in [3.05, 3.63) is 47.9 Å². The molecule has 0 saturated carbocycles. The summed E-state index contributed by atoms with van der Waals surface area (Å²) in [5, 5.41) is 3.55. The number of methoxy groups -OCH3 is 1. The van der Waals surface area contributed by atoms with E-state index in [1.807, 2.05) is 25.1 Å². The van der Waals surface area contributed by atoms with Gasteiger partial charge in [-0.2, -0.15) is 0 Å². The monoisotopic (exact) mass is 359 g/mol. The molecule has 144 valence electrons. The lowest BCUT2D eigenvalue weighted by atomic mass is 9.93. The molecule has 1 atom stereocenters. The molecule has 26 heavy (non-hydrogen) atoms. The standard InChI is InChI=1S/C22H33NO3/c1-5-25-21-11-9-18(15-22(21)24-4)16-23-13-12-19(10-8-17(2)3)20-7-6-14-26-20/h6-7,9,11,14-15,17,19,23H,5,8,10,12-13,16H2,1-4H3/t19-/m1/s1. The molecule has 1 aromatic heterocycles. The Labute approximate surface area is 157 Å². The van der Waals surface area contributed by atoms with Crippen LogP contribution in [0.3, 0.4) is 0 Å². The maximum atomic E-state index is 5.65. The molecule has 4 heteroatoms. The molecule has 0 aliphatic heterocycles. The zero-order valence-electron chi connectivity index (χ0n) is 16.6. The van der Waals surface area contributed by atoms with Gasteiger partial charge in [-0.15, -0.1) is 0 Å². The molecule has 1 N–H and O–H groups in total. The fraction of sp³-hybridized carbons (Fsp3) is 0.545. The van der Waals surface area contributed by atoms with Gasteiger partial charge in [0.25, 0.3) is 0 Å². The van der Waals surface area contributed by atoms with E-state index in [1.165, 1.54) is 18.4 Å². The van der Waals surface area contributed by atoms with Gasteiger partial charge in [-0.25, -0.2) is 0 Å². The number of hydrogen-bond acceptors (Lipinski definition) is 4. The zero-order valence-corrected chi connectivity index (χ0v) is 16.6. The Balaban J connectivity index is 1.84. The summed E-state index contributed by atoms with van der Waals surface area (Å²) >= 11 is 0. The molecule has 0 fully saturated rings. The molecule has 1 aromatic carbocycles. The van der Waals surface area contributed by atoms with Crippen LogP contribution in [0.5, 0.6) is 11.5 Å². The lowest BCUT2D eigenvalue weighted by molar-refractivity contribution is 0.310. The number of hydrogen-bond donors (Lipinski definition) is 1. The average molecular weight is 360 g/mol. The Morgan fingerprint density at radius 1 is 1.08 bits per heavy atom. The lowest BCUT2D eigenvalue weighted by Gasteiger charge is -2.16. The summed E-state index contributed by atoms with van der Waals surface area (Å²) in [6.07, 6.45) is 5.25. The molecule has 0 spiro atoms. The molecule has 2 aromatic rings. The Morgan fingerprint density at radius 2 is 1.92 bits per heavy atom. The van der Waals surface area contributed by atoms with E-state index in [9.17, 15) is 0 Å². The van der Waals surface area contributed by atoms with Gasteiger partial charge in [0.1, 0.15) is 5.76 Å². The van der Waals surface area contributed by atoms with Gasteiger partial charge in [-0.3, -0.25) is 0 Å². The fourth-order valence-electron chi connectivity index (χ4n) is 3.09. The predicted molar refractivity (Wildman–Crippen MR) is 106 cm³/mol. The SMILES string of the molecule is CCOc1ccc(CNCC[C@@H](CCC(C)C)c2ccco2)cc1OC. The minimum Gasteiger partial charge on any atom is -0.493 e. The van der Waals surface area contributed by atoms with Gasteiger partial charge in [0.15, 0.2) is 11.5 Å². The molecule has 0 aliphatic carbocycles. The van der Waals surface area contributed by atoms with Gasteiger partial charge < -0.3 is 19.2 Å². The van der Waals surface area contributed by atoms with E-state index >= 15 is 0 Å². The van der Waals surface area contributed by atoms with Crippen LogP contribution in [0.4, 0.5) is 0 Å². The summed E-state index contributed by atoms with van der Waals surface area (Å²) in [4.78, 5) is 0. The Hall–Kier alpha value is -1.94. The first-order valence-electron chi connectivity index (χ1n) is 9.67.